The minimum atomic E-state index is 0.0638. The SMILES string of the molecule is Cc1cccc2[nH]c([C@@H]3CCCN(C(=O)c4cc(C(C)C)nn4C)C3)nc12. The van der Waals surface area contributed by atoms with Gasteiger partial charge in [0.25, 0.3) is 5.91 Å². The Bertz CT molecular complexity index is 984. The summed E-state index contributed by atoms with van der Waals surface area (Å²) in [6.45, 7) is 7.75. The summed E-state index contributed by atoms with van der Waals surface area (Å²) in [5.41, 5.74) is 4.91. The van der Waals surface area contributed by atoms with Crippen molar-refractivity contribution in [3.63, 3.8) is 0 Å². The quantitative estimate of drug-likeness (QED) is 0.769. The number of piperidine rings is 1. The average Bonchev–Trinajstić information content (AvgIpc) is 3.26. The van der Waals surface area contributed by atoms with Gasteiger partial charge in [0.15, 0.2) is 0 Å². The molecule has 1 aliphatic heterocycles. The zero-order valence-corrected chi connectivity index (χ0v) is 16.5. The molecule has 0 bridgehead atoms. The summed E-state index contributed by atoms with van der Waals surface area (Å²) in [5, 5.41) is 4.49. The molecule has 142 valence electrons. The fraction of sp³-hybridized carbons (Fsp3) is 0.476. The zero-order chi connectivity index (χ0) is 19.1. The number of H-pyrrole nitrogens is 1. The van der Waals surface area contributed by atoms with Gasteiger partial charge >= 0.3 is 0 Å². The molecule has 0 unspecified atom stereocenters. The number of rotatable bonds is 3. The summed E-state index contributed by atoms with van der Waals surface area (Å²) in [6.07, 6.45) is 2.03. The maximum absolute atomic E-state index is 13.1. The second kappa shape index (κ2) is 6.83. The van der Waals surface area contributed by atoms with E-state index < -0.39 is 0 Å². The normalized spacial score (nSPS) is 17.8. The van der Waals surface area contributed by atoms with Crippen LogP contribution in [0.4, 0.5) is 0 Å². The molecular formula is C21H27N5O. The van der Waals surface area contributed by atoms with Crippen LogP contribution in [0.3, 0.4) is 0 Å². The van der Waals surface area contributed by atoms with Crippen molar-refractivity contribution in [2.24, 2.45) is 7.05 Å². The van der Waals surface area contributed by atoms with Gasteiger partial charge in [-0.25, -0.2) is 4.98 Å². The number of para-hydroxylation sites is 1. The maximum Gasteiger partial charge on any atom is 0.272 e. The van der Waals surface area contributed by atoms with Gasteiger partial charge < -0.3 is 9.88 Å². The van der Waals surface area contributed by atoms with E-state index in [1.165, 1.54) is 5.56 Å². The van der Waals surface area contributed by atoms with Crippen LogP contribution in [0.25, 0.3) is 11.0 Å². The van der Waals surface area contributed by atoms with Crippen LogP contribution in [0.1, 0.15) is 66.1 Å². The lowest BCUT2D eigenvalue weighted by molar-refractivity contribution is 0.0693. The zero-order valence-electron chi connectivity index (χ0n) is 16.5. The van der Waals surface area contributed by atoms with Gasteiger partial charge in [0, 0.05) is 26.1 Å². The van der Waals surface area contributed by atoms with Crippen LogP contribution in [-0.2, 0) is 7.05 Å². The van der Waals surface area contributed by atoms with E-state index in [1.54, 1.807) is 4.68 Å². The van der Waals surface area contributed by atoms with Gasteiger partial charge in [-0.05, 0) is 43.4 Å². The molecule has 1 atom stereocenters. The number of aryl methyl sites for hydroxylation is 2. The molecule has 0 radical (unpaired) electrons. The van der Waals surface area contributed by atoms with E-state index in [9.17, 15) is 4.79 Å². The number of carbonyl (C=O) groups excluding carboxylic acids is 1. The summed E-state index contributed by atoms with van der Waals surface area (Å²) in [7, 11) is 1.85. The van der Waals surface area contributed by atoms with Crippen LogP contribution in [0.15, 0.2) is 24.3 Å². The molecule has 1 amide bonds. The molecule has 6 heteroatoms. The number of likely N-dealkylation sites (tertiary alicyclic amines) is 1. The summed E-state index contributed by atoms with van der Waals surface area (Å²) >= 11 is 0. The predicted molar refractivity (Wildman–Crippen MR) is 106 cm³/mol. The molecule has 4 rings (SSSR count). The van der Waals surface area contributed by atoms with E-state index in [0.717, 1.165) is 41.9 Å². The standard InChI is InChI=1S/C21H27N5O/c1-13(2)17-11-18(25(4)24-17)21(27)26-10-6-8-15(12-26)20-22-16-9-5-7-14(3)19(16)23-20/h5,7,9,11,13,15H,6,8,10,12H2,1-4H3,(H,22,23)/t15-/m1/s1. The number of benzene rings is 1. The summed E-state index contributed by atoms with van der Waals surface area (Å²) < 4.78 is 1.71. The van der Waals surface area contributed by atoms with Gasteiger partial charge in [0.05, 0.1) is 16.7 Å². The van der Waals surface area contributed by atoms with Crippen LogP contribution in [0, 0.1) is 6.92 Å². The average molecular weight is 365 g/mol. The van der Waals surface area contributed by atoms with Crippen LogP contribution in [0.5, 0.6) is 0 Å². The third-order valence-electron chi connectivity index (χ3n) is 5.54. The van der Waals surface area contributed by atoms with Crippen LogP contribution in [-0.4, -0.2) is 43.6 Å². The molecule has 0 aliphatic carbocycles. The van der Waals surface area contributed by atoms with E-state index >= 15 is 0 Å². The van der Waals surface area contributed by atoms with Crippen LogP contribution < -0.4 is 0 Å². The highest BCUT2D eigenvalue weighted by atomic mass is 16.2. The molecule has 6 nitrogen and oxygen atoms in total. The molecule has 2 aromatic heterocycles. The Morgan fingerprint density at radius 1 is 1.33 bits per heavy atom. The van der Waals surface area contributed by atoms with Crippen molar-refractivity contribution in [2.75, 3.05) is 13.1 Å². The van der Waals surface area contributed by atoms with Crippen molar-refractivity contribution in [3.05, 3.63) is 47.0 Å². The Hall–Kier alpha value is -2.63. The van der Waals surface area contributed by atoms with Gasteiger partial charge in [-0.2, -0.15) is 5.10 Å². The van der Waals surface area contributed by atoms with Crippen LogP contribution >= 0.6 is 0 Å². The fourth-order valence-corrected chi connectivity index (χ4v) is 3.91. The number of nitrogens with one attached hydrogen (secondary N) is 1. The largest absolute Gasteiger partial charge is 0.342 e. The minimum Gasteiger partial charge on any atom is -0.342 e. The fourth-order valence-electron chi connectivity index (χ4n) is 3.91. The molecule has 1 N–H and O–H groups in total. The Morgan fingerprint density at radius 2 is 2.15 bits per heavy atom. The third kappa shape index (κ3) is 3.24. The van der Waals surface area contributed by atoms with Crippen LogP contribution in [0.2, 0.25) is 0 Å². The Morgan fingerprint density at radius 3 is 2.85 bits per heavy atom. The van der Waals surface area contributed by atoms with E-state index in [2.05, 4.69) is 43.0 Å². The van der Waals surface area contributed by atoms with Gasteiger partial charge in [-0.3, -0.25) is 9.48 Å². The number of carbonyl (C=O) groups is 1. The smallest absolute Gasteiger partial charge is 0.272 e. The first-order chi connectivity index (χ1) is 12.9. The number of hydrogen-bond acceptors (Lipinski definition) is 3. The highest BCUT2D eigenvalue weighted by Crippen LogP contribution is 2.28. The first-order valence-electron chi connectivity index (χ1n) is 9.72. The monoisotopic (exact) mass is 365 g/mol. The number of amides is 1. The summed E-state index contributed by atoms with van der Waals surface area (Å²) in [5.74, 6) is 1.61. The van der Waals surface area contributed by atoms with Crippen molar-refractivity contribution in [1.29, 1.82) is 0 Å². The van der Waals surface area contributed by atoms with E-state index in [0.29, 0.717) is 18.2 Å². The molecule has 0 saturated carbocycles. The van der Waals surface area contributed by atoms with Gasteiger partial charge in [-0.15, -0.1) is 0 Å². The number of nitrogens with zero attached hydrogens (tertiary/aromatic N) is 4. The highest BCUT2D eigenvalue weighted by Gasteiger charge is 2.29. The van der Waals surface area contributed by atoms with Crippen molar-refractivity contribution >= 4 is 16.9 Å². The third-order valence-corrected chi connectivity index (χ3v) is 5.54. The number of fused-ring (bicyclic) bond motifs is 1. The molecular weight excluding hydrogens is 338 g/mol. The lowest BCUT2D eigenvalue weighted by Gasteiger charge is -2.31. The molecule has 1 aliphatic rings. The van der Waals surface area contributed by atoms with Gasteiger partial charge in [0.2, 0.25) is 0 Å². The molecule has 1 aromatic carbocycles. The number of aromatic amines is 1. The highest BCUT2D eigenvalue weighted by molar-refractivity contribution is 5.93. The first kappa shape index (κ1) is 17.8. The van der Waals surface area contributed by atoms with Gasteiger partial charge in [-0.1, -0.05) is 26.0 Å². The first-order valence-corrected chi connectivity index (χ1v) is 9.72. The van der Waals surface area contributed by atoms with Crippen molar-refractivity contribution in [1.82, 2.24) is 24.6 Å². The number of aromatic nitrogens is 4. The molecule has 1 fully saturated rings. The topological polar surface area (TPSA) is 66.8 Å². The summed E-state index contributed by atoms with van der Waals surface area (Å²) in [6, 6.07) is 8.12. The molecule has 1 saturated heterocycles. The van der Waals surface area contributed by atoms with Crippen molar-refractivity contribution in [2.45, 2.75) is 45.4 Å². The summed E-state index contributed by atoms with van der Waals surface area (Å²) in [4.78, 5) is 23.4. The lowest BCUT2D eigenvalue weighted by atomic mass is 9.97. The van der Waals surface area contributed by atoms with E-state index in [-0.39, 0.29) is 11.8 Å². The lowest BCUT2D eigenvalue weighted by Crippen LogP contribution is -2.40. The Balaban J connectivity index is 1.57. The van der Waals surface area contributed by atoms with E-state index in [4.69, 9.17) is 4.98 Å². The van der Waals surface area contributed by atoms with Gasteiger partial charge in [0.1, 0.15) is 11.5 Å². The van der Waals surface area contributed by atoms with Crippen molar-refractivity contribution in [3.8, 4) is 0 Å². The number of imidazole rings is 1. The molecule has 3 heterocycles. The predicted octanol–water partition coefficient (Wildman–Crippen LogP) is 3.75. The Kier molecular flexibility index (Phi) is 4.50. The Labute approximate surface area is 159 Å². The second-order valence-electron chi connectivity index (χ2n) is 7.92. The molecule has 27 heavy (non-hydrogen) atoms. The second-order valence-corrected chi connectivity index (χ2v) is 7.92. The van der Waals surface area contributed by atoms with Crippen molar-refractivity contribution < 1.29 is 4.79 Å². The molecule has 0 spiro atoms. The maximum atomic E-state index is 13.1. The molecule has 3 aromatic rings. The van der Waals surface area contributed by atoms with E-state index in [1.807, 2.05) is 24.1 Å². The minimum absolute atomic E-state index is 0.0638. The number of hydrogen-bond donors (Lipinski definition) is 1.